The summed E-state index contributed by atoms with van der Waals surface area (Å²) in [5.74, 6) is 1.95. The summed E-state index contributed by atoms with van der Waals surface area (Å²) >= 11 is 3.30. The van der Waals surface area contributed by atoms with Crippen molar-refractivity contribution in [3.05, 3.63) is 28.8 Å². The highest BCUT2D eigenvalue weighted by Crippen LogP contribution is 2.39. The number of halogens is 1. The van der Waals surface area contributed by atoms with Crippen molar-refractivity contribution in [2.24, 2.45) is 0 Å². The Morgan fingerprint density at radius 1 is 1.17 bits per heavy atom. The Morgan fingerprint density at radius 2 is 1.83 bits per heavy atom. The molecule has 4 nitrogen and oxygen atoms in total. The molecule has 0 bridgehead atoms. The van der Waals surface area contributed by atoms with Gasteiger partial charge in [0, 0.05) is 23.1 Å². The number of rotatable bonds is 7. The lowest BCUT2D eigenvalue weighted by molar-refractivity contribution is 0.321. The molecule has 0 saturated carbocycles. The summed E-state index contributed by atoms with van der Waals surface area (Å²) in [4.78, 5) is 0. The van der Waals surface area contributed by atoms with Gasteiger partial charge in [0.15, 0.2) is 11.5 Å². The van der Waals surface area contributed by atoms with Gasteiger partial charge in [-0.15, -0.1) is 0 Å². The highest BCUT2D eigenvalue weighted by Gasteiger charge is 2.15. The molecule has 0 radical (unpaired) electrons. The first-order chi connectivity index (χ1) is 8.63. The lowest BCUT2D eigenvalue weighted by Crippen LogP contribution is -2.15. The zero-order valence-corrected chi connectivity index (χ0v) is 12.5. The van der Waals surface area contributed by atoms with E-state index >= 15 is 0 Å². The summed E-state index contributed by atoms with van der Waals surface area (Å²) < 4.78 is 16.8. The molecule has 0 heterocycles. The van der Waals surface area contributed by atoms with Gasteiger partial charge in [-0.25, -0.2) is 0 Å². The van der Waals surface area contributed by atoms with E-state index in [1.807, 2.05) is 12.1 Å². The Kier molecular flexibility index (Phi) is 6.01. The van der Waals surface area contributed by atoms with Crippen molar-refractivity contribution in [2.75, 3.05) is 27.9 Å². The van der Waals surface area contributed by atoms with Crippen LogP contribution < -0.4 is 19.5 Å². The van der Waals surface area contributed by atoms with Gasteiger partial charge in [-0.3, -0.25) is 0 Å². The average Bonchev–Trinajstić information content (AvgIpc) is 2.37. The molecule has 1 aromatic rings. The molecular formula is C13H18BrNO3. The van der Waals surface area contributed by atoms with Crippen molar-refractivity contribution in [3.63, 3.8) is 0 Å². The van der Waals surface area contributed by atoms with Crippen LogP contribution in [0.5, 0.6) is 17.2 Å². The van der Waals surface area contributed by atoms with E-state index in [0.29, 0.717) is 30.3 Å². The van der Waals surface area contributed by atoms with Crippen LogP contribution in [0.2, 0.25) is 0 Å². The van der Waals surface area contributed by atoms with Crippen molar-refractivity contribution < 1.29 is 14.2 Å². The molecule has 0 amide bonds. The molecule has 0 aliphatic carbocycles. The van der Waals surface area contributed by atoms with Crippen LogP contribution in [0.3, 0.4) is 0 Å². The maximum atomic E-state index is 5.39. The van der Waals surface area contributed by atoms with Crippen LogP contribution in [0, 0.1) is 0 Å². The molecule has 1 N–H and O–H groups in total. The topological polar surface area (TPSA) is 39.7 Å². The number of benzene rings is 1. The Hall–Kier alpha value is -1.20. The number of ether oxygens (including phenoxy) is 3. The first-order valence-corrected chi connectivity index (χ1v) is 6.25. The van der Waals surface area contributed by atoms with Gasteiger partial charge in [0.2, 0.25) is 5.75 Å². The number of hydrogen-bond donors (Lipinski definition) is 1. The second kappa shape index (κ2) is 7.28. The summed E-state index contributed by atoms with van der Waals surface area (Å²) in [5, 5.41) is 3.24. The van der Waals surface area contributed by atoms with E-state index in [2.05, 4.69) is 27.8 Å². The maximum Gasteiger partial charge on any atom is 0.203 e. The highest BCUT2D eigenvalue weighted by atomic mass is 79.9. The zero-order chi connectivity index (χ0) is 13.5. The van der Waals surface area contributed by atoms with E-state index < -0.39 is 0 Å². The second-order valence-corrected chi connectivity index (χ2v) is 4.74. The molecule has 0 aromatic heterocycles. The normalized spacial score (nSPS) is 10.0. The highest BCUT2D eigenvalue weighted by molar-refractivity contribution is 9.11. The van der Waals surface area contributed by atoms with Gasteiger partial charge in [-0.2, -0.15) is 0 Å². The SMILES string of the molecule is C=C(Br)CNCc1ccc(OC)c(OC)c1OC. The summed E-state index contributed by atoms with van der Waals surface area (Å²) in [6.45, 7) is 5.12. The molecule has 18 heavy (non-hydrogen) atoms. The van der Waals surface area contributed by atoms with E-state index in [1.165, 1.54) is 0 Å². The Balaban J connectivity index is 2.94. The van der Waals surface area contributed by atoms with Gasteiger partial charge in [0.1, 0.15) is 0 Å². The van der Waals surface area contributed by atoms with Crippen LogP contribution >= 0.6 is 15.9 Å². The smallest absolute Gasteiger partial charge is 0.203 e. The van der Waals surface area contributed by atoms with Crippen LogP contribution in [0.25, 0.3) is 0 Å². The fourth-order valence-electron chi connectivity index (χ4n) is 1.64. The molecule has 0 aliphatic rings. The predicted octanol–water partition coefficient (Wildman–Crippen LogP) is 2.71. The van der Waals surface area contributed by atoms with Crippen molar-refractivity contribution in [1.29, 1.82) is 0 Å². The second-order valence-electron chi connectivity index (χ2n) is 3.61. The standard InChI is InChI=1S/C13H18BrNO3/c1-9(14)7-15-8-10-5-6-11(16-2)13(18-4)12(10)17-3/h5-6,15H,1,7-8H2,2-4H3. The number of methoxy groups -OCH3 is 3. The average molecular weight is 316 g/mol. The largest absolute Gasteiger partial charge is 0.493 e. The third-order valence-corrected chi connectivity index (χ3v) is 2.70. The molecule has 0 aliphatic heterocycles. The molecule has 5 heteroatoms. The van der Waals surface area contributed by atoms with Gasteiger partial charge in [0.25, 0.3) is 0 Å². The summed E-state index contributed by atoms with van der Waals surface area (Å²) in [7, 11) is 4.81. The summed E-state index contributed by atoms with van der Waals surface area (Å²) in [6, 6.07) is 3.81. The minimum absolute atomic E-state index is 0.608. The van der Waals surface area contributed by atoms with Crippen LogP contribution in [0.15, 0.2) is 23.2 Å². The van der Waals surface area contributed by atoms with E-state index in [0.717, 1.165) is 10.0 Å². The van der Waals surface area contributed by atoms with Crippen LogP contribution in [0.1, 0.15) is 5.56 Å². The minimum atomic E-state index is 0.608. The Bertz CT molecular complexity index is 421. The van der Waals surface area contributed by atoms with Gasteiger partial charge in [0.05, 0.1) is 21.3 Å². The van der Waals surface area contributed by atoms with Crippen LogP contribution in [-0.2, 0) is 6.54 Å². The van der Waals surface area contributed by atoms with E-state index in [9.17, 15) is 0 Å². The molecule has 0 atom stereocenters. The molecule has 100 valence electrons. The fraction of sp³-hybridized carbons (Fsp3) is 0.385. The summed E-state index contributed by atoms with van der Waals surface area (Å²) in [5.41, 5.74) is 1.00. The van der Waals surface area contributed by atoms with Crippen LogP contribution in [0.4, 0.5) is 0 Å². The van der Waals surface area contributed by atoms with Gasteiger partial charge in [-0.05, 0) is 6.07 Å². The van der Waals surface area contributed by atoms with Crippen LogP contribution in [-0.4, -0.2) is 27.9 Å². The lowest BCUT2D eigenvalue weighted by Gasteiger charge is -2.16. The van der Waals surface area contributed by atoms with Crippen molar-refractivity contribution in [1.82, 2.24) is 5.32 Å². The molecule has 1 rings (SSSR count). The van der Waals surface area contributed by atoms with Gasteiger partial charge >= 0.3 is 0 Å². The third kappa shape index (κ3) is 3.65. The quantitative estimate of drug-likeness (QED) is 0.840. The molecule has 0 spiro atoms. The molecule has 1 aromatic carbocycles. The van der Waals surface area contributed by atoms with Gasteiger partial charge in [-0.1, -0.05) is 28.6 Å². The van der Waals surface area contributed by atoms with E-state index in [1.54, 1.807) is 21.3 Å². The lowest BCUT2D eigenvalue weighted by atomic mass is 10.1. The zero-order valence-electron chi connectivity index (χ0n) is 10.9. The van der Waals surface area contributed by atoms with E-state index in [4.69, 9.17) is 14.2 Å². The maximum absolute atomic E-state index is 5.39. The third-order valence-electron chi connectivity index (χ3n) is 2.42. The Labute approximate surface area is 116 Å². The van der Waals surface area contributed by atoms with Crippen molar-refractivity contribution >= 4 is 15.9 Å². The van der Waals surface area contributed by atoms with E-state index in [-0.39, 0.29) is 0 Å². The first kappa shape index (κ1) is 14.9. The fourth-order valence-corrected chi connectivity index (χ4v) is 1.83. The molecule has 0 unspecified atom stereocenters. The monoisotopic (exact) mass is 315 g/mol. The minimum Gasteiger partial charge on any atom is -0.493 e. The molecular weight excluding hydrogens is 298 g/mol. The number of nitrogens with one attached hydrogen (secondary N) is 1. The Morgan fingerprint density at radius 3 is 2.33 bits per heavy atom. The van der Waals surface area contributed by atoms with Crippen molar-refractivity contribution in [3.8, 4) is 17.2 Å². The summed E-state index contributed by atoms with van der Waals surface area (Å²) in [6.07, 6.45) is 0. The van der Waals surface area contributed by atoms with Gasteiger partial charge < -0.3 is 19.5 Å². The predicted molar refractivity (Wildman–Crippen MR) is 75.9 cm³/mol. The first-order valence-electron chi connectivity index (χ1n) is 5.45. The van der Waals surface area contributed by atoms with Crippen molar-refractivity contribution in [2.45, 2.75) is 6.54 Å². The molecule has 0 fully saturated rings. The number of hydrogen-bond acceptors (Lipinski definition) is 4. The molecule has 0 saturated heterocycles.